The lowest BCUT2D eigenvalue weighted by molar-refractivity contribution is -0.192. The molecule has 0 saturated carbocycles. The molecule has 0 saturated heterocycles. The lowest BCUT2D eigenvalue weighted by Crippen LogP contribution is -2.45. The second kappa shape index (κ2) is 9.72. The number of aliphatic carboxylic acids is 1. The van der Waals surface area contributed by atoms with Gasteiger partial charge in [0.05, 0.1) is 12.5 Å². The summed E-state index contributed by atoms with van der Waals surface area (Å²) in [6, 6.07) is 6.05. The number of nitrogens with zero attached hydrogens (tertiary/aromatic N) is 1. The van der Waals surface area contributed by atoms with Crippen LogP contribution in [0.2, 0.25) is 0 Å². The Morgan fingerprint density at radius 2 is 1.92 bits per heavy atom. The highest BCUT2D eigenvalue weighted by Gasteiger charge is 2.38. The minimum Gasteiger partial charge on any atom is -0.475 e. The molecule has 1 aromatic carbocycles. The second-order valence-electron chi connectivity index (χ2n) is 4.88. The number of rotatable bonds is 6. The summed E-state index contributed by atoms with van der Waals surface area (Å²) in [5.74, 6) is 1.56. The lowest BCUT2D eigenvalue weighted by atomic mass is 10.0. The Kier molecular flexibility index (Phi) is 8.72. The first kappa shape index (κ1) is 23.3. The maximum Gasteiger partial charge on any atom is 0.490 e. The zero-order valence-corrected chi connectivity index (χ0v) is 14.2. The Morgan fingerprint density at radius 3 is 2.31 bits per heavy atom. The van der Waals surface area contributed by atoms with Crippen LogP contribution in [0.5, 0.6) is 0 Å². The molecule has 13 heteroatoms. The van der Waals surface area contributed by atoms with Crippen molar-refractivity contribution in [3.8, 4) is 0 Å². The van der Waals surface area contributed by atoms with Crippen molar-refractivity contribution in [1.29, 1.82) is 0 Å². The van der Waals surface area contributed by atoms with Gasteiger partial charge < -0.3 is 16.7 Å². The Hall–Kier alpha value is -2.67. The fourth-order valence-electron chi connectivity index (χ4n) is 1.58. The van der Waals surface area contributed by atoms with Gasteiger partial charge in [-0.25, -0.2) is 17.9 Å². The van der Waals surface area contributed by atoms with E-state index < -0.39 is 34.1 Å². The number of carbonyl (C=O) groups excluding carboxylic acids is 1. The Bertz CT molecular complexity index is 765. The summed E-state index contributed by atoms with van der Waals surface area (Å²) >= 11 is 0. The molecule has 0 aliphatic rings. The first-order valence-electron chi connectivity index (χ1n) is 6.65. The van der Waals surface area contributed by atoms with E-state index in [0.29, 0.717) is 0 Å². The summed E-state index contributed by atoms with van der Waals surface area (Å²) in [6.07, 6.45) is -2.50. The van der Waals surface area contributed by atoms with Crippen LogP contribution < -0.4 is 16.3 Å². The number of halogens is 3. The summed E-state index contributed by atoms with van der Waals surface area (Å²) in [7, 11) is -3.51. The van der Waals surface area contributed by atoms with Gasteiger partial charge >= 0.3 is 12.1 Å². The van der Waals surface area contributed by atoms with Crippen LogP contribution in [0, 0.1) is 0 Å². The van der Waals surface area contributed by atoms with Crippen LogP contribution in [0.3, 0.4) is 0 Å². The topological polar surface area (TPSA) is 165 Å². The molecule has 1 rings (SSSR count). The maximum absolute atomic E-state index is 11.2. The van der Waals surface area contributed by atoms with Crippen LogP contribution in [0.1, 0.15) is 11.1 Å². The molecule has 0 fully saturated rings. The van der Waals surface area contributed by atoms with Crippen molar-refractivity contribution < 1.29 is 36.3 Å². The molecule has 0 heterocycles. The molecule has 9 nitrogen and oxygen atoms in total. The van der Waals surface area contributed by atoms with Crippen LogP contribution in [-0.4, -0.2) is 50.1 Å². The number of primary amides is 1. The van der Waals surface area contributed by atoms with E-state index in [1.165, 1.54) is 6.21 Å². The molecular weight excluding hydrogens is 381 g/mol. The first-order chi connectivity index (χ1) is 11.8. The molecule has 1 atom stereocenters. The Labute approximate surface area is 146 Å². The third-order valence-corrected chi connectivity index (χ3v) is 3.27. The van der Waals surface area contributed by atoms with Gasteiger partial charge in [-0.05, 0) is 17.5 Å². The molecule has 0 aliphatic carbocycles. The second-order valence-corrected chi connectivity index (χ2v) is 6.66. The average molecular weight is 398 g/mol. The molecule has 1 unspecified atom stereocenters. The number of hydrogen-bond donors (Lipinski definition) is 4. The number of nitrogens with two attached hydrogens (primary N) is 2. The number of carbonyl (C=O) groups is 2. The van der Waals surface area contributed by atoms with Crippen LogP contribution >= 0.6 is 0 Å². The van der Waals surface area contributed by atoms with E-state index in [9.17, 15) is 26.4 Å². The fourth-order valence-corrected chi connectivity index (χ4v) is 2.30. The molecule has 1 amide bonds. The number of hydrogen-bond acceptors (Lipinski definition) is 6. The first-order valence-corrected chi connectivity index (χ1v) is 8.54. The van der Waals surface area contributed by atoms with Crippen molar-refractivity contribution in [2.75, 3.05) is 6.26 Å². The minimum atomic E-state index is -5.08. The average Bonchev–Trinajstić information content (AvgIpc) is 2.45. The SMILES string of the molecule is CS(=O)(=O)NC(Cc1cccc(/C=N\N)c1)C(N)=O.O=C(O)C(F)(F)F. The quantitative estimate of drug-likeness (QED) is 0.288. The molecule has 26 heavy (non-hydrogen) atoms. The standard InChI is InChI=1S/C11H16N4O3S.C2HF3O2/c1-19(17,18)15-10(11(12)16)6-8-3-2-4-9(5-8)7-14-13;3-2(4,5)1(6)7/h2-5,7,10,15H,6,13H2,1H3,(H2,12,16);(H,6,7)/b14-7-;. The van der Waals surface area contributed by atoms with Crippen LogP contribution in [0.15, 0.2) is 29.4 Å². The predicted octanol–water partition coefficient (Wildman–Crippen LogP) is -0.442. The smallest absolute Gasteiger partial charge is 0.475 e. The minimum absolute atomic E-state index is 0.161. The number of carboxylic acid groups (broad SMARTS) is 1. The van der Waals surface area contributed by atoms with Crippen molar-refractivity contribution in [3.05, 3.63) is 35.4 Å². The van der Waals surface area contributed by atoms with E-state index in [-0.39, 0.29) is 6.42 Å². The van der Waals surface area contributed by atoms with Gasteiger partial charge in [0.25, 0.3) is 0 Å². The predicted molar refractivity (Wildman–Crippen MR) is 86.6 cm³/mol. The molecule has 1 aromatic rings. The maximum atomic E-state index is 11.2. The zero-order chi connectivity index (χ0) is 20.5. The van der Waals surface area contributed by atoms with Crippen LogP contribution in [0.4, 0.5) is 13.2 Å². The summed E-state index contributed by atoms with van der Waals surface area (Å²) in [6.45, 7) is 0. The highest BCUT2D eigenvalue weighted by Crippen LogP contribution is 2.13. The normalized spacial score (nSPS) is 12.9. The third kappa shape index (κ3) is 10.2. The molecule has 146 valence electrons. The Morgan fingerprint density at radius 1 is 1.38 bits per heavy atom. The fraction of sp³-hybridized carbons (Fsp3) is 0.308. The summed E-state index contributed by atoms with van der Waals surface area (Å²) in [5, 5.41) is 10.5. The van der Waals surface area contributed by atoms with Gasteiger partial charge in [-0.1, -0.05) is 24.3 Å². The lowest BCUT2D eigenvalue weighted by Gasteiger charge is -2.14. The van der Waals surface area contributed by atoms with Crippen LogP contribution in [0.25, 0.3) is 0 Å². The van der Waals surface area contributed by atoms with Crippen molar-refractivity contribution in [2.45, 2.75) is 18.6 Å². The molecule has 0 spiro atoms. The molecule has 0 aliphatic heterocycles. The number of sulfonamides is 1. The van der Waals surface area contributed by atoms with Gasteiger partial charge in [0.1, 0.15) is 6.04 Å². The van der Waals surface area contributed by atoms with Gasteiger partial charge in [0.15, 0.2) is 0 Å². The van der Waals surface area contributed by atoms with Gasteiger partial charge in [-0.3, -0.25) is 4.79 Å². The largest absolute Gasteiger partial charge is 0.490 e. The van der Waals surface area contributed by atoms with E-state index >= 15 is 0 Å². The summed E-state index contributed by atoms with van der Waals surface area (Å²) < 4.78 is 56.2. The van der Waals surface area contributed by atoms with E-state index in [1.807, 2.05) is 0 Å². The molecular formula is C13H17F3N4O5S. The zero-order valence-electron chi connectivity index (χ0n) is 13.4. The number of amides is 1. The molecule has 6 N–H and O–H groups in total. The number of nitrogens with one attached hydrogen (secondary N) is 1. The van der Waals surface area contributed by atoms with E-state index in [1.54, 1.807) is 24.3 Å². The highest BCUT2D eigenvalue weighted by atomic mass is 32.2. The number of carboxylic acids is 1. The van der Waals surface area contributed by atoms with Crippen molar-refractivity contribution in [3.63, 3.8) is 0 Å². The van der Waals surface area contributed by atoms with E-state index in [4.69, 9.17) is 21.5 Å². The molecule has 0 radical (unpaired) electrons. The van der Waals surface area contributed by atoms with Crippen molar-refractivity contribution in [2.24, 2.45) is 16.7 Å². The van der Waals surface area contributed by atoms with Crippen LogP contribution in [-0.2, 0) is 26.0 Å². The highest BCUT2D eigenvalue weighted by molar-refractivity contribution is 7.88. The van der Waals surface area contributed by atoms with Gasteiger partial charge in [-0.2, -0.15) is 18.3 Å². The van der Waals surface area contributed by atoms with Gasteiger partial charge in [0.2, 0.25) is 15.9 Å². The number of hydrazone groups is 1. The molecule has 0 aromatic heterocycles. The number of benzene rings is 1. The molecule has 0 bridgehead atoms. The summed E-state index contributed by atoms with van der Waals surface area (Å²) in [4.78, 5) is 20.1. The monoisotopic (exact) mass is 398 g/mol. The van der Waals surface area contributed by atoms with Gasteiger partial charge in [-0.15, -0.1) is 0 Å². The summed E-state index contributed by atoms with van der Waals surface area (Å²) in [5.41, 5.74) is 6.68. The number of alkyl halides is 3. The van der Waals surface area contributed by atoms with Gasteiger partial charge in [0, 0.05) is 0 Å². The van der Waals surface area contributed by atoms with Crippen molar-refractivity contribution >= 4 is 28.1 Å². The third-order valence-electron chi connectivity index (χ3n) is 2.56. The van der Waals surface area contributed by atoms with E-state index in [0.717, 1.165) is 17.4 Å². The van der Waals surface area contributed by atoms with Crippen molar-refractivity contribution in [1.82, 2.24) is 4.72 Å². The van der Waals surface area contributed by atoms with E-state index in [2.05, 4.69) is 9.82 Å². The Balaban J connectivity index is 0.000000758.